The van der Waals surface area contributed by atoms with Crippen molar-refractivity contribution in [3.05, 3.63) is 52.5 Å². The van der Waals surface area contributed by atoms with Crippen molar-refractivity contribution in [2.75, 3.05) is 10.5 Å². The van der Waals surface area contributed by atoms with E-state index in [1.165, 1.54) is 4.68 Å². The maximum absolute atomic E-state index is 11.8. The second-order valence-corrected chi connectivity index (χ2v) is 8.29. The second-order valence-electron chi connectivity index (χ2n) is 5.63. The van der Waals surface area contributed by atoms with E-state index in [-0.39, 0.29) is 12.3 Å². The first-order valence-electron chi connectivity index (χ1n) is 7.59. The molecule has 7 nitrogen and oxygen atoms in total. The third-order valence-corrected chi connectivity index (χ3v) is 5.78. The van der Waals surface area contributed by atoms with Gasteiger partial charge in [-0.25, -0.2) is 13.1 Å². The van der Waals surface area contributed by atoms with E-state index in [1.54, 1.807) is 42.5 Å². The van der Waals surface area contributed by atoms with Gasteiger partial charge in [-0.1, -0.05) is 28.4 Å². The van der Waals surface area contributed by atoms with E-state index in [1.807, 2.05) is 0 Å². The molecule has 1 aliphatic rings. The molecule has 4 rings (SSSR count). The molecule has 0 radical (unpaired) electrons. The van der Waals surface area contributed by atoms with E-state index in [0.29, 0.717) is 33.1 Å². The molecule has 0 fully saturated rings. The van der Waals surface area contributed by atoms with Gasteiger partial charge in [-0.05, 0) is 36.4 Å². The molecule has 1 aromatic heterocycles. The van der Waals surface area contributed by atoms with Crippen molar-refractivity contribution in [2.24, 2.45) is 0 Å². The molecular formula is C16H12Cl2N4O3S. The van der Waals surface area contributed by atoms with Crippen LogP contribution in [0.25, 0.3) is 11.3 Å². The summed E-state index contributed by atoms with van der Waals surface area (Å²) in [6.45, 7) is 0.274. The Kier molecular flexibility index (Phi) is 4.26. The number of hydrogen-bond acceptors (Lipinski definition) is 5. The van der Waals surface area contributed by atoms with Gasteiger partial charge in [0.05, 0.1) is 22.3 Å². The van der Waals surface area contributed by atoms with Crippen LogP contribution in [-0.4, -0.2) is 29.2 Å². The zero-order valence-electron chi connectivity index (χ0n) is 13.2. The van der Waals surface area contributed by atoms with Crippen molar-refractivity contribution in [3.8, 4) is 22.8 Å². The molecule has 2 heterocycles. The first-order valence-corrected chi connectivity index (χ1v) is 9.99. The molecule has 0 amide bonds. The van der Waals surface area contributed by atoms with Crippen LogP contribution in [0.15, 0.2) is 42.5 Å². The predicted molar refractivity (Wildman–Crippen MR) is 99.4 cm³/mol. The molecule has 1 N–H and O–H groups in total. The van der Waals surface area contributed by atoms with E-state index in [4.69, 9.17) is 27.9 Å². The summed E-state index contributed by atoms with van der Waals surface area (Å²) in [5, 5.41) is 8.93. The van der Waals surface area contributed by atoms with Gasteiger partial charge >= 0.3 is 0 Å². The Bertz CT molecular complexity index is 1080. The summed E-state index contributed by atoms with van der Waals surface area (Å²) in [5.74, 6) is 1.50. The van der Waals surface area contributed by atoms with E-state index in [2.05, 4.69) is 15.0 Å². The summed E-state index contributed by atoms with van der Waals surface area (Å²) in [6.07, 6.45) is 0. The molecule has 0 saturated heterocycles. The summed E-state index contributed by atoms with van der Waals surface area (Å²) in [5.41, 5.74) is 1.19. The van der Waals surface area contributed by atoms with Crippen LogP contribution in [0.3, 0.4) is 0 Å². The number of aryl methyl sites for hydroxylation is 1. The van der Waals surface area contributed by atoms with Crippen molar-refractivity contribution >= 4 is 39.0 Å². The van der Waals surface area contributed by atoms with E-state index < -0.39 is 10.0 Å². The fraction of sp³-hybridized carbons (Fsp3) is 0.125. The van der Waals surface area contributed by atoms with Gasteiger partial charge in [0.2, 0.25) is 10.0 Å². The highest BCUT2D eigenvalue weighted by molar-refractivity contribution is 7.92. The van der Waals surface area contributed by atoms with E-state index in [9.17, 15) is 8.42 Å². The van der Waals surface area contributed by atoms with Gasteiger partial charge in [-0.3, -0.25) is 4.72 Å². The highest BCUT2D eigenvalue weighted by atomic mass is 35.5. The second kappa shape index (κ2) is 6.46. The maximum atomic E-state index is 11.8. The molecule has 0 atom stereocenters. The number of halogens is 2. The summed E-state index contributed by atoms with van der Waals surface area (Å²) in [6, 6.07) is 12.1. The van der Waals surface area contributed by atoms with Crippen LogP contribution in [0, 0.1) is 0 Å². The topological polar surface area (TPSA) is 86.1 Å². The average molecular weight is 411 g/mol. The fourth-order valence-corrected chi connectivity index (χ4v) is 3.83. The zero-order valence-corrected chi connectivity index (χ0v) is 15.5. The van der Waals surface area contributed by atoms with Gasteiger partial charge in [0.25, 0.3) is 0 Å². The Morgan fingerprint density at radius 2 is 1.77 bits per heavy atom. The number of nitrogens with one attached hydrogen (secondary N) is 1. The minimum atomic E-state index is -3.35. The van der Waals surface area contributed by atoms with Crippen LogP contribution in [0.5, 0.6) is 11.5 Å². The molecule has 134 valence electrons. The van der Waals surface area contributed by atoms with Crippen molar-refractivity contribution in [3.63, 3.8) is 0 Å². The molecule has 10 heteroatoms. The Morgan fingerprint density at radius 1 is 1.04 bits per heavy atom. The van der Waals surface area contributed by atoms with E-state index in [0.717, 1.165) is 5.56 Å². The van der Waals surface area contributed by atoms with Gasteiger partial charge in [-0.2, -0.15) is 0 Å². The standard InChI is InChI=1S/C16H12Cl2N4O3S/c17-13-6-5-12(9-14(13)18)25-11-3-1-10(2-4-11)15-16-20-26(23,24)8-7-22(16)21-19-15/h1-6,9,20H,7-8H2. The average Bonchev–Trinajstić information content (AvgIpc) is 3.00. The van der Waals surface area contributed by atoms with Crippen LogP contribution >= 0.6 is 23.2 Å². The third-order valence-electron chi connectivity index (χ3n) is 3.81. The summed E-state index contributed by atoms with van der Waals surface area (Å²) in [4.78, 5) is 0. The number of rotatable bonds is 3. The normalized spacial score (nSPS) is 15.2. The predicted octanol–water partition coefficient (Wildman–Crippen LogP) is 3.80. The van der Waals surface area contributed by atoms with E-state index >= 15 is 0 Å². The molecule has 26 heavy (non-hydrogen) atoms. The zero-order chi connectivity index (χ0) is 18.3. The Balaban J connectivity index is 1.59. The highest BCUT2D eigenvalue weighted by Crippen LogP contribution is 2.32. The Labute approximate surface area is 159 Å². The van der Waals surface area contributed by atoms with Crippen molar-refractivity contribution in [1.82, 2.24) is 15.0 Å². The smallest absolute Gasteiger partial charge is 0.235 e. The molecule has 0 saturated carbocycles. The molecule has 0 unspecified atom stereocenters. The number of hydrogen-bond donors (Lipinski definition) is 1. The minimum Gasteiger partial charge on any atom is -0.457 e. The molecule has 1 aliphatic heterocycles. The largest absolute Gasteiger partial charge is 0.457 e. The number of sulfonamides is 1. The summed E-state index contributed by atoms with van der Waals surface area (Å²) >= 11 is 11.9. The summed E-state index contributed by atoms with van der Waals surface area (Å²) in [7, 11) is -3.35. The van der Waals surface area contributed by atoms with Gasteiger partial charge in [-0.15, -0.1) is 5.10 Å². The van der Waals surface area contributed by atoms with Crippen LogP contribution in [0.1, 0.15) is 0 Å². The number of ether oxygens (including phenoxy) is 1. The Hall–Kier alpha value is -2.29. The van der Waals surface area contributed by atoms with Crippen LogP contribution in [0.4, 0.5) is 5.82 Å². The lowest BCUT2D eigenvalue weighted by molar-refractivity contribution is 0.483. The van der Waals surface area contributed by atoms with Crippen molar-refractivity contribution in [2.45, 2.75) is 6.54 Å². The number of fused-ring (bicyclic) bond motifs is 1. The maximum Gasteiger partial charge on any atom is 0.235 e. The fourth-order valence-electron chi connectivity index (χ4n) is 2.53. The molecule has 0 aliphatic carbocycles. The first-order chi connectivity index (χ1) is 12.4. The Morgan fingerprint density at radius 3 is 2.50 bits per heavy atom. The lowest BCUT2D eigenvalue weighted by Crippen LogP contribution is -2.28. The number of aromatic nitrogens is 3. The number of anilines is 1. The molecule has 0 bridgehead atoms. The molecule has 3 aromatic rings. The molecular weight excluding hydrogens is 399 g/mol. The monoisotopic (exact) mass is 410 g/mol. The molecule has 0 spiro atoms. The van der Waals surface area contributed by atoms with Gasteiger partial charge in [0, 0.05) is 11.6 Å². The SMILES string of the molecule is O=S1(=O)CCn2nnc(-c3ccc(Oc4ccc(Cl)c(Cl)c4)cc3)c2N1. The first kappa shape index (κ1) is 17.1. The van der Waals surface area contributed by atoms with Crippen molar-refractivity contribution < 1.29 is 13.2 Å². The molecule has 2 aromatic carbocycles. The van der Waals surface area contributed by atoms with Crippen LogP contribution in [0.2, 0.25) is 10.0 Å². The van der Waals surface area contributed by atoms with Crippen molar-refractivity contribution in [1.29, 1.82) is 0 Å². The van der Waals surface area contributed by atoms with Gasteiger partial charge in [0.1, 0.15) is 17.2 Å². The third kappa shape index (κ3) is 3.35. The summed E-state index contributed by atoms with van der Waals surface area (Å²) < 4.78 is 33.3. The lowest BCUT2D eigenvalue weighted by atomic mass is 10.1. The van der Waals surface area contributed by atoms with Gasteiger partial charge in [0.15, 0.2) is 5.82 Å². The highest BCUT2D eigenvalue weighted by Gasteiger charge is 2.25. The number of benzene rings is 2. The van der Waals surface area contributed by atoms with Gasteiger partial charge < -0.3 is 4.74 Å². The number of nitrogens with zero attached hydrogens (tertiary/aromatic N) is 3. The van der Waals surface area contributed by atoms with Crippen LogP contribution in [-0.2, 0) is 16.6 Å². The lowest BCUT2D eigenvalue weighted by Gasteiger charge is -2.16. The van der Waals surface area contributed by atoms with Crippen LogP contribution < -0.4 is 9.46 Å². The quantitative estimate of drug-likeness (QED) is 0.709. The minimum absolute atomic E-state index is 0.0147.